The molecule has 1 aliphatic carbocycles. The van der Waals surface area contributed by atoms with E-state index in [1.54, 1.807) is 35.0 Å². The third-order valence-electron chi connectivity index (χ3n) is 6.23. The van der Waals surface area contributed by atoms with Crippen LogP contribution in [0.2, 0.25) is 0 Å². The summed E-state index contributed by atoms with van der Waals surface area (Å²) in [6.07, 6.45) is 1.16. The van der Waals surface area contributed by atoms with E-state index in [2.05, 4.69) is 31.2 Å². The minimum absolute atomic E-state index is 0.0541. The van der Waals surface area contributed by atoms with Crippen LogP contribution in [-0.2, 0) is 4.79 Å². The van der Waals surface area contributed by atoms with E-state index in [1.165, 1.54) is 12.1 Å². The molecule has 2 heterocycles. The summed E-state index contributed by atoms with van der Waals surface area (Å²) < 4.78 is 1.64. The largest absolute Gasteiger partial charge is 0.342 e. The monoisotopic (exact) mass is 511 g/mol. The fourth-order valence-electron chi connectivity index (χ4n) is 4.47. The van der Waals surface area contributed by atoms with Crippen LogP contribution < -0.4 is 16.3 Å². The van der Waals surface area contributed by atoms with Crippen LogP contribution in [0.4, 0.5) is 22.9 Å². The zero-order valence-electron chi connectivity index (χ0n) is 19.9. The number of aromatic nitrogens is 2. The lowest BCUT2D eigenvalue weighted by Crippen LogP contribution is -2.30. The average molecular weight is 512 g/mol. The first-order chi connectivity index (χ1) is 18.4. The number of non-ortho nitro benzene ring substituents is 1. The number of nitro benzene ring substituents is 1. The SMILES string of the molecule is N#CCC(=O)NN=C1CCC2=C(C1)C(c1ccc([N+](=O)[O-])cc1)n1[nH]c(=O)c(N=Nc3ccccc3)c1N2. The first-order valence-corrected chi connectivity index (χ1v) is 11.7. The van der Waals surface area contributed by atoms with Crippen LogP contribution in [-0.4, -0.2) is 26.3 Å². The van der Waals surface area contributed by atoms with E-state index in [4.69, 9.17) is 5.26 Å². The van der Waals surface area contributed by atoms with Crippen molar-refractivity contribution >= 4 is 34.5 Å². The summed E-state index contributed by atoms with van der Waals surface area (Å²) >= 11 is 0. The summed E-state index contributed by atoms with van der Waals surface area (Å²) in [6, 6.07) is 16.4. The molecule has 0 bridgehead atoms. The minimum Gasteiger partial charge on any atom is -0.342 e. The van der Waals surface area contributed by atoms with E-state index < -0.39 is 22.4 Å². The molecule has 3 aromatic rings. The van der Waals surface area contributed by atoms with Crippen molar-refractivity contribution in [2.75, 3.05) is 5.32 Å². The number of H-pyrrole nitrogens is 1. The maximum atomic E-state index is 13.0. The number of allylic oxidation sites excluding steroid dienone is 2. The summed E-state index contributed by atoms with van der Waals surface area (Å²) in [7, 11) is 0. The van der Waals surface area contributed by atoms with Gasteiger partial charge in [-0.2, -0.15) is 15.5 Å². The Labute approximate surface area is 215 Å². The Balaban J connectivity index is 1.56. The molecule has 38 heavy (non-hydrogen) atoms. The van der Waals surface area contributed by atoms with Crippen molar-refractivity contribution in [2.24, 2.45) is 15.3 Å². The molecular formula is C25H21N9O4. The summed E-state index contributed by atoms with van der Waals surface area (Å²) in [5.41, 5.74) is 5.75. The molecule has 0 radical (unpaired) electrons. The number of amides is 1. The van der Waals surface area contributed by atoms with Crippen molar-refractivity contribution in [3.05, 3.63) is 91.9 Å². The molecule has 3 N–H and O–H groups in total. The highest BCUT2D eigenvalue weighted by molar-refractivity contribution is 5.90. The van der Waals surface area contributed by atoms with Crippen molar-refractivity contribution in [3.8, 4) is 6.07 Å². The summed E-state index contributed by atoms with van der Waals surface area (Å²) in [5, 5.41) is 38.7. The second-order valence-corrected chi connectivity index (χ2v) is 8.65. The Kier molecular flexibility index (Phi) is 6.60. The van der Waals surface area contributed by atoms with Crippen molar-refractivity contribution in [1.82, 2.24) is 15.2 Å². The van der Waals surface area contributed by atoms with E-state index in [1.807, 2.05) is 18.2 Å². The number of nitriles is 1. The van der Waals surface area contributed by atoms with Gasteiger partial charge in [-0.15, -0.1) is 5.11 Å². The molecule has 0 spiro atoms. The van der Waals surface area contributed by atoms with Gasteiger partial charge in [-0.05, 0) is 48.2 Å². The number of fused-ring (bicyclic) bond motifs is 1. The molecule has 1 unspecified atom stereocenters. The minimum atomic E-state index is -0.518. The second kappa shape index (κ2) is 10.3. The predicted octanol–water partition coefficient (Wildman–Crippen LogP) is 4.34. The molecule has 1 atom stereocenters. The maximum absolute atomic E-state index is 13.0. The van der Waals surface area contributed by atoms with E-state index in [-0.39, 0.29) is 17.8 Å². The van der Waals surface area contributed by atoms with E-state index in [9.17, 15) is 19.7 Å². The van der Waals surface area contributed by atoms with Gasteiger partial charge in [0.05, 0.1) is 16.7 Å². The Morgan fingerprint density at radius 3 is 2.63 bits per heavy atom. The summed E-state index contributed by atoms with van der Waals surface area (Å²) in [5.74, 6) is -0.0709. The number of rotatable bonds is 6. The van der Waals surface area contributed by atoms with Crippen LogP contribution in [0.1, 0.15) is 37.3 Å². The molecule has 1 aliphatic heterocycles. The van der Waals surface area contributed by atoms with Gasteiger partial charge in [0.1, 0.15) is 12.5 Å². The van der Waals surface area contributed by atoms with Gasteiger partial charge in [0.2, 0.25) is 0 Å². The number of nitro groups is 1. The molecule has 0 saturated carbocycles. The zero-order valence-corrected chi connectivity index (χ0v) is 19.9. The number of anilines is 1. The molecule has 2 aromatic carbocycles. The smallest absolute Gasteiger partial charge is 0.294 e. The Morgan fingerprint density at radius 1 is 1.16 bits per heavy atom. The van der Waals surface area contributed by atoms with Crippen LogP contribution in [0.15, 0.2) is 86.0 Å². The van der Waals surface area contributed by atoms with E-state index in [0.717, 1.165) is 11.3 Å². The lowest BCUT2D eigenvalue weighted by Gasteiger charge is -2.35. The fraction of sp³-hybridized carbons (Fsp3) is 0.200. The lowest BCUT2D eigenvalue weighted by molar-refractivity contribution is -0.384. The molecular weight excluding hydrogens is 490 g/mol. The number of nitrogens with zero attached hydrogens (tertiary/aromatic N) is 6. The maximum Gasteiger partial charge on any atom is 0.294 e. The van der Waals surface area contributed by atoms with Crippen molar-refractivity contribution < 1.29 is 9.72 Å². The quantitative estimate of drug-likeness (QED) is 0.251. The van der Waals surface area contributed by atoms with Gasteiger partial charge in [0.25, 0.3) is 17.2 Å². The topological polar surface area (TPSA) is 183 Å². The number of aromatic amines is 1. The first kappa shape index (κ1) is 24.3. The van der Waals surface area contributed by atoms with Crippen molar-refractivity contribution in [3.63, 3.8) is 0 Å². The highest BCUT2D eigenvalue weighted by Crippen LogP contribution is 2.43. The molecule has 2 aliphatic rings. The van der Waals surface area contributed by atoms with Crippen LogP contribution in [0.25, 0.3) is 0 Å². The van der Waals surface area contributed by atoms with Gasteiger partial charge in [-0.3, -0.25) is 29.5 Å². The molecule has 0 saturated heterocycles. The predicted molar refractivity (Wildman–Crippen MR) is 137 cm³/mol. The highest BCUT2D eigenvalue weighted by atomic mass is 16.6. The number of hydrogen-bond acceptors (Lipinski definition) is 9. The number of hydrogen-bond donors (Lipinski definition) is 3. The molecule has 13 heteroatoms. The Hall–Kier alpha value is -5.38. The molecule has 5 rings (SSSR count). The van der Waals surface area contributed by atoms with Gasteiger partial charge < -0.3 is 5.32 Å². The molecule has 0 fully saturated rings. The second-order valence-electron chi connectivity index (χ2n) is 8.65. The zero-order chi connectivity index (χ0) is 26.6. The van der Waals surface area contributed by atoms with Crippen molar-refractivity contribution in [2.45, 2.75) is 31.7 Å². The molecule has 1 amide bonds. The third-order valence-corrected chi connectivity index (χ3v) is 6.23. The molecule has 190 valence electrons. The Morgan fingerprint density at radius 2 is 1.92 bits per heavy atom. The van der Waals surface area contributed by atoms with Crippen LogP contribution >= 0.6 is 0 Å². The first-order valence-electron chi connectivity index (χ1n) is 11.7. The molecule has 1 aromatic heterocycles. The highest BCUT2D eigenvalue weighted by Gasteiger charge is 2.35. The van der Waals surface area contributed by atoms with Crippen LogP contribution in [0, 0.1) is 21.4 Å². The average Bonchev–Trinajstić information content (AvgIpc) is 3.24. The number of carbonyl (C=O) groups excluding carboxylic acids is 1. The van der Waals surface area contributed by atoms with Gasteiger partial charge in [-0.1, -0.05) is 18.2 Å². The number of hydrazone groups is 1. The normalized spacial score (nSPS) is 17.4. The standard InChI is InChI=1S/C25H21N9O4/c26-13-12-21(35)30-29-17-8-11-20-19(14-17)23(15-6-9-18(10-7-15)34(37)38)33-24(27-20)22(25(36)32-33)31-28-16-4-2-1-3-5-16/h1-7,9-10,23,27H,8,11-12,14H2,(H,30,35)(H,32,36). The fourth-order valence-corrected chi connectivity index (χ4v) is 4.47. The van der Waals surface area contributed by atoms with Gasteiger partial charge in [-0.25, -0.2) is 5.43 Å². The molecule has 13 nitrogen and oxygen atoms in total. The summed E-state index contributed by atoms with van der Waals surface area (Å²) in [6.45, 7) is 0. The van der Waals surface area contributed by atoms with Gasteiger partial charge in [0.15, 0.2) is 11.5 Å². The number of benzene rings is 2. The van der Waals surface area contributed by atoms with E-state index >= 15 is 0 Å². The lowest BCUT2D eigenvalue weighted by atomic mass is 9.85. The van der Waals surface area contributed by atoms with Gasteiger partial charge >= 0.3 is 0 Å². The number of azo groups is 1. The van der Waals surface area contributed by atoms with Crippen LogP contribution in [0.3, 0.4) is 0 Å². The third kappa shape index (κ3) is 4.82. The van der Waals surface area contributed by atoms with Crippen LogP contribution in [0.5, 0.6) is 0 Å². The van der Waals surface area contributed by atoms with E-state index in [0.29, 0.717) is 42.0 Å². The Bertz CT molecular complexity index is 1590. The van der Waals surface area contributed by atoms with Crippen molar-refractivity contribution in [1.29, 1.82) is 5.26 Å². The number of carbonyl (C=O) groups is 1. The summed E-state index contributed by atoms with van der Waals surface area (Å²) in [4.78, 5) is 35.4. The number of nitrogens with one attached hydrogen (secondary N) is 3. The van der Waals surface area contributed by atoms with Gasteiger partial charge in [0, 0.05) is 30.0 Å².